The topological polar surface area (TPSA) is 81.8 Å². The number of sulfonamides is 1. The van der Waals surface area contributed by atoms with Crippen molar-refractivity contribution in [3.8, 4) is 0 Å². The zero-order valence-corrected chi connectivity index (χ0v) is 17.8. The molecular weight excluding hydrogens is 411 g/mol. The van der Waals surface area contributed by atoms with Crippen LogP contribution in [0.5, 0.6) is 0 Å². The second-order valence-corrected chi connectivity index (χ2v) is 8.71. The van der Waals surface area contributed by atoms with Gasteiger partial charge in [-0.3, -0.25) is 4.79 Å². The van der Waals surface area contributed by atoms with Crippen molar-refractivity contribution in [2.24, 2.45) is 5.92 Å². The average Bonchev–Trinajstić information content (AvgIpc) is 3.04. The Hall–Kier alpha value is -0.900. The Labute approximate surface area is 173 Å². The quantitative estimate of drug-likeness (QED) is 0.742. The fourth-order valence-corrected chi connectivity index (χ4v) is 4.79. The van der Waals surface area contributed by atoms with E-state index in [1.807, 2.05) is 7.05 Å². The van der Waals surface area contributed by atoms with Crippen LogP contribution < -0.4 is 10.6 Å². The van der Waals surface area contributed by atoms with Gasteiger partial charge in [-0.15, -0.1) is 24.8 Å². The van der Waals surface area contributed by atoms with Gasteiger partial charge in [-0.05, 0) is 51.2 Å². The van der Waals surface area contributed by atoms with Crippen molar-refractivity contribution in [2.45, 2.75) is 17.7 Å². The summed E-state index contributed by atoms with van der Waals surface area (Å²) in [6, 6.07) is 6.57. The molecule has 2 fully saturated rings. The maximum Gasteiger partial charge on any atom is 0.243 e. The van der Waals surface area contributed by atoms with Gasteiger partial charge in [0, 0.05) is 31.9 Å². The number of anilines is 1. The lowest BCUT2D eigenvalue weighted by Gasteiger charge is -2.20. The molecule has 27 heavy (non-hydrogen) atoms. The monoisotopic (exact) mass is 438 g/mol. The third kappa shape index (κ3) is 6.04. The third-order valence-electron chi connectivity index (χ3n) is 4.85. The van der Waals surface area contributed by atoms with E-state index in [2.05, 4.69) is 15.5 Å². The van der Waals surface area contributed by atoms with Gasteiger partial charge in [0.15, 0.2) is 0 Å². The maximum absolute atomic E-state index is 12.9. The summed E-state index contributed by atoms with van der Waals surface area (Å²) in [5.74, 6) is -0.114. The van der Waals surface area contributed by atoms with Gasteiger partial charge < -0.3 is 15.5 Å². The molecule has 1 unspecified atom stereocenters. The fraction of sp³-hybridized carbons (Fsp3) is 0.588. The van der Waals surface area contributed by atoms with Gasteiger partial charge in [-0.2, -0.15) is 4.31 Å². The lowest BCUT2D eigenvalue weighted by atomic mass is 10.1. The molecule has 2 heterocycles. The predicted octanol–water partition coefficient (Wildman–Crippen LogP) is 1.40. The first kappa shape index (κ1) is 24.1. The fourth-order valence-electron chi connectivity index (χ4n) is 3.27. The Bertz CT molecular complexity index is 727. The first-order chi connectivity index (χ1) is 12.0. The molecule has 1 aromatic rings. The zero-order chi connectivity index (χ0) is 17.9. The van der Waals surface area contributed by atoms with Crippen molar-refractivity contribution < 1.29 is 13.2 Å². The molecule has 2 aliphatic heterocycles. The van der Waals surface area contributed by atoms with Gasteiger partial charge in [0.1, 0.15) is 0 Å². The number of hydrogen-bond acceptors (Lipinski definition) is 5. The first-order valence-electron chi connectivity index (χ1n) is 8.77. The lowest BCUT2D eigenvalue weighted by Crippen LogP contribution is -2.34. The van der Waals surface area contributed by atoms with E-state index in [1.165, 1.54) is 0 Å². The van der Waals surface area contributed by atoms with Gasteiger partial charge in [-0.1, -0.05) is 6.07 Å². The molecule has 0 bridgehead atoms. The zero-order valence-electron chi connectivity index (χ0n) is 15.4. The van der Waals surface area contributed by atoms with Gasteiger partial charge in [0.2, 0.25) is 15.9 Å². The summed E-state index contributed by atoms with van der Waals surface area (Å²) in [6.45, 7) is 4.16. The summed E-state index contributed by atoms with van der Waals surface area (Å²) >= 11 is 0. The molecule has 0 spiro atoms. The number of hydrogen-bond donors (Lipinski definition) is 2. The molecule has 1 atom stereocenters. The summed E-state index contributed by atoms with van der Waals surface area (Å²) < 4.78 is 27.4. The normalized spacial score (nSPS) is 21.6. The molecular formula is C17H28Cl2N4O3S. The van der Waals surface area contributed by atoms with Crippen molar-refractivity contribution in [1.29, 1.82) is 0 Å². The van der Waals surface area contributed by atoms with Crippen molar-refractivity contribution >= 4 is 46.4 Å². The molecule has 0 radical (unpaired) electrons. The number of benzene rings is 1. The molecule has 3 rings (SSSR count). The first-order valence-corrected chi connectivity index (χ1v) is 10.2. The highest BCUT2D eigenvalue weighted by molar-refractivity contribution is 7.89. The standard InChI is InChI=1S/C17H26N4O3S.2ClH/c1-20-8-3-9-21(11-10-20)25(23,24)16-5-2-4-15(12-16)19-17(22)14-6-7-18-13-14;;/h2,4-5,12,14,18H,3,6-11,13H2,1H3,(H,19,22);2*1H. The van der Waals surface area contributed by atoms with E-state index in [9.17, 15) is 13.2 Å². The summed E-state index contributed by atoms with van der Waals surface area (Å²) in [5.41, 5.74) is 0.532. The molecule has 1 aromatic carbocycles. The number of carbonyl (C=O) groups excluding carboxylic acids is 1. The third-order valence-corrected chi connectivity index (χ3v) is 6.74. The smallest absolute Gasteiger partial charge is 0.243 e. The molecule has 1 amide bonds. The van der Waals surface area contributed by atoms with Gasteiger partial charge in [-0.25, -0.2) is 8.42 Å². The number of rotatable bonds is 4. The second kappa shape index (κ2) is 10.6. The number of carbonyl (C=O) groups is 1. The van der Waals surface area contributed by atoms with Gasteiger partial charge in [0.25, 0.3) is 0 Å². The Balaban J connectivity index is 0.00000182. The van der Waals surface area contributed by atoms with E-state index in [-0.39, 0.29) is 41.5 Å². The van der Waals surface area contributed by atoms with Crippen molar-refractivity contribution in [3.05, 3.63) is 24.3 Å². The van der Waals surface area contributed by atoms with Crippen LogP contribution >= 0.6 is 24.8 Å². The summed E-state index contributed by atoms with van der Waals surface area (Å²) in [5, 5.41) is 6.01. The van der Waals surface area contributed by atoms with E-state index in [1.54, 1.807) is 28.6 Å². The van der Waals surface area contributed by atoms with E-state index < -0.39 is 10.0 Å². The minimum Gasteiger partial charge on any atom is -0.326 e. The van der Waals surface area contributed by atoms with Crippen LogP contribution in [0.4, 0.5) is 5.69 Å². The van der Waals surface area contributed by atoms with E-state index >= 15 is 0 Å². The molecule has 154 valence electrons. The lowest BCUT2D eigenvalue weighted by molar-refractivity contribution is -0.119. The van der Waals surface area contributed by atoms with E-state index in [0.717, 1.165) is 32.5 Å². The van der Waals surface area contributed by atoms with Crippen LogP contribution in [-0.4, -0.2) is 69.8 Å². The molecule has 2 saturated heterocycles. The molecule has 0 saturated carbocycles. The van der Waals surface area contributed by atoms with Gasteiger partial charge >= 0.3 is 0 Å². The Morgan fingerprint density at radius 3 is 2.67 bits per heavy atom. The minimum atomic E-state index is -3.54. The molecule has 10 heteroatoms. The second-order valence-electron chi connectivity index (χ2n) is 6.77. The van der Waals surface area contributed by atoms with Gasteiger partial charge in [0.05, 0.1) is 10.8 Å². The highest BCUT2D eigenvalue weighted by Crippen LogP contribution is 2.22. The summed E-state index contributed by atoms with van der Waals surface area (Å²) in [7, 11) is -1.54. The highest BCUT2D eigenvalue weighted by Gasteiger charge is 2.27. The van der Waals surface area contributed by atoms with Crippen LogP contribution in [0.3, 0.4) is 0 Å². The Kier molecular flexibility index (Phi) is 9.47. The number of likely N-dealkylation sites (N-methyl/N-ethyl adjacent to an activating group) is 1. The average molecular weight is 439 g/mol. The Morgan fingerprint density at radius 1 is 1.19 bits per heavy atom. The summed E-state index contributed by atoms with van der Waals surface area (Å²) in [4.78, 5) is 14.6. The van der Waals surface area contributed by atoms with E-state index in [0.29, 0.717) is 25.3 Å². The van der Waals surface area contributed by atoms with Crippen molar-refractivity contribution in [1.82, 2.24) is 14.5 Å². The number of halogens is 2. The predicted molar refractivity (Wildman–Crippen MR) is 111 cm³/mol. The van der Waals surface area contributed by atoms with Crippen LogP contribution in [0, 0.1) is 5.92 Å². The minimum absolute atomic E-state index is 0. The van der Waals surface area contributed by atoms with E-state index in [4.69, 9.17) is 0 Å². The largest absolute Gasteiger partial charge is 0.326 e. The van der Waals surface area contributed by atoms with Crippen LogP contribution in [-0.2, 0) is 14.8 Å². The van der Waals surface area contributed by atoms with Crippen molar-refractivity contribution in [3.63, 3.8) is 0 Å². The molecule has 2 aliphatic rings. The Morgan fingerprint density at radius 2 is 1.96 bits per heavy atom. The number of nitrogens with zero attached hydrogens (tertiary/aromatic N) is 2. The molecule has 0 aromatic heterocycles. The highest BCUT2D eigenvalue weighted by atomic mass is 35.5. The summed E-state index contributed by atoms with van der Waals surface area (Å²) in [6.07, 6.45) is 1.63. The number of nitrogens with one attached hydrogen (secondary N) is 2. The van der Waals surface area contributed by atoms with Crippen molar-refractivity contribution in [2.75, 3.05) is 51.6 Å². The number of amides is 1. The molecule has 7 nitrogen and oxygen atoms in total. The molecule has 0 aliphatic carbocycles. The van der Waals surface area contributed by atoms with Crippen LogP contribution in [0.15, 0.2) is 29.2 Å². The maximum atomic E-state index is 12.9. The van der Waals surface area contributed by atoms with Crippen LogP contribution in [0.25, 0.3) is 0 Å². The van der Waals surface area contributed by atoms with Crippen LogP contribution in [0.2, 0.25) is 0 Å². The SMILES string of the molecule is CN1CCCN(S(=O)(=O)c2cccc(NC(=O)C3CCNC3)c2)CC1.Cl.Cl. The van der Waals surface area contributed by atoms with Crippen LogP contribution in [0.1, 0.15) is 12.8 Å². The molecule has 2 N–H and O–H groups in total.